The predicted octanol–water partition coefficient (Wildman–Crippen LogP) is 3.60. The average Bonchev–Trinajstić information content (AvgIpc) is 3.05. The topological polar surface area (TPSA) is 54.0 Å². The third-order valence-electron chi connectivity index (χ3n) is 4.68. The molecule has 3 rings (SSSR count). The van der Waals surface area contributed by atoms with Gasteiger partial charge < -0.3 is 23.7 Å². The van der Waals surface area contributed by atoms with E-state index in [1.165, 1.54) is 0 Å². The van der Waals surface area contributed by atoms with Crippen LogP contribution in [0.1, 0.15) is 51.5 Å². The van der Waals surface area contributed by atoms with Crippen molar-refractivity contribution in [2.24, 2.45) is 0 Å². The predicted molar refractivity (Wildman–Crippen MR) is 92.9 cm³/mol. The minimum Gasteiger partial charge on any atom is -0.368 e. The molecule has 2 heterocycles. The van der Waals surface area contributed by atoms with E-state index in [1.54, 1.807) is 0 Å². The van der Waals surface area contributed by atoms with Crippen molar-refractivity contribution in [2.75, 3.05) is 0 Å². The van der Waals surface area contributed by atoms with Crippen molar-refractivity contribution >= 4 is 6.29 Å². The number of aldehydes is 1. The van der Waals surface area contributed by atoms with Crippen LogP contribution in [0.25, 0.3) is 0 Å². The monoisotopic (exact) mass is 348 g/mol. The molecule has 0 N–H and O–H groups in total. The highest BCUT2D eigenvalue weighted by atomic mass is 16.8. The van der Waals surface area contributed by atoms with Gasteiger partial charge in [-0.2, -0.15) is 0 Å². The molecule has 0 radical (unpaired) electrons. The Morgan fingerprint density at radius 1 is 1.12 bits per heavy atom. The average molecular weight is 348 g/mol. The molecule has 2 fully saturated rings. The van der Waals surface area contributed by atoms with Gasteiger partial charge in [-0.3, -0.25) is 0 Å². The quantitative estimate of drug-likeness (QED) is 0.504. The second-order valence-electron chi connectivity index (χ2n) is 7.21. The second-order valence-corrected chi connectivity index (χ2v) is 7.21. The van der Waals surface area contributed by atoms with Crippen LogP contribution in [0.15, 0.2) is 30.3 Å². The molecule has 2 aliphatic rings. The van der Waals surface area contributed by atoms with Gasteiger partial charge in [0.05, 0.1) is 12.7 Å². The zero-order valence-corrected chi connectivity index (χ0v) is 15.1. The molecule has 0 bridgehead atoms. The van der Waals surface area contributed by atoms with Crippen LogP contribution in [0.3, 0.4) is 0 Å². The maximum Gasteiger partial charge on any atom is 0.190 e. The molecule has 0 unspecified atom stereocenters. The lowest BCUT2D eigenvalue weighted by Gasteiger charge is -2.26. The van der Waals surface area contributed by atoms with Crippen molar-refractivity contribution in [1.82, 2.24) is 0 Å². The fourth-order valence-corrected chi connectivity index (χ4v) is 3.50. The van der Waals surface area contributed by atoms with Gasteiger partial charge in [0.2, 0.25) is 0 Å². The summed E-state index contributed by atoms with van der Waals surface area (Å²) in [7, 11) is 0. The van der Waals surface area contributed by atoms with Crippen molar-refractivity contribution in [1.29, 1.82) is 0 Å². The first-order valence-electron chi connectivity index (χ1n) is 9.19. The van der Waals surface area contributed by atoms with Gasteiger partial charge in [0.25, 0.3) is 0 Å². The van der Waals surface area contributed by atoms with Gasteiger partial charge in [0, 0.05) is 6.42 Å². The van der Waals surface area contributed by atoms with E-state index in [9.17, 15) is 4.79 Å². The van der Waals surface area contributed by atoms with E-state index in [0.29, 0.717) is 13.0 Å². The summed E-state index contributed by atoms with van der Waals surface area (Å²) in [5.74, 6) is -0.640. The van der Waals surface area contributed by atoms with Crippen LogP contribution in [0.4, 0.5) is 0 Å². The van der Waals surface area contributed by atoms with E-state index in [1.807, 2.05) is 32.0 Å². The number of rotatable bonds is 9. The SMILES string of the molecule is CC1(C)O[C@H]2O[C@H](CCCCCC=O)[C@H](OCc3ccccc3)[C@H]2O1. The summed E-state index contributed by atoms with van der Waals surface area (Å²) in [5.41, 5.74) is 1.13. The van der Waals surface area contributed by atoms with Crippen molar-refractivity contribution in [3.05, 3.63) is 35.9 Å². The second kappa shape index (κ2) is 8.41. The molecule has 1 aromatic carbocycles. The standard InChI is InChI=1S/C20H28O5/c1-20(2)24-18-17(22-14-15-10-6-5-7-11-15)16(23-19(18)25-20)12-8-3-4-9-13-21/h5-7,10-11,13,16-19H,3-4,8-9,12,14H2,1-2H3/t16-,17+,18-,19-/m1/s1. The highest BCUT2D eigenvalue weighted by Crippen LogP contribution is 2.40. The van der Waals surface area contributed by atoms with Gasteiger partial charge in [0.15, 0.2) is 12.1 Å². The van der Waals surface area contributed by atoms with Crippen LogP contribution in [-0.2, 0) is 30.3 Å². The van der Waals surface area contributed by atoms with E-state index >= 15 is 0 Å². The molecule has 2 saturated heterocycles. The number of carbonyl (C=O) groups is 1. The first-order chi connectivity index (χ1) is 12.1. The Hall–Kier alpha value is -1.27. The molecule has 2 aliphatic heterocycles. The summed E-state index contributed by atoms with van der Waals surface area (Å²) >= 11 is 0. The van der Waals surface area contributed by atoms with Crippen LogP contribution >= 0.6 is 0 Å². The van der Waals surface area contributed by atoms with Gasteiger partial charge >= 0.3 is 0 Å². The molecule has 4 atom stereocenters. The number of benzene rings is 1. The number of fused-ring (bicyclic) bond motifs is 1. The smallest absolute Gasteiger partial charge is 0.190 e. The maximum atomic E-state index is 10.4. The third kappa shape index (κ3) is 4.88. The molecular formula is C20H28O5. The molecule has 0 aromatic heterocycles. The number of hydrogen-bond donors (Lipinski definition) is 0. The summed E-state index contributed by atoms with van der Waals surface area (Å²) in [6.45, 7) is 4.33. The van der Waals surface area contributed by atoms with Crippen LogP contribution in [0.5, 0.6) is 0 Å². The number of ether oxygens (including phenoxy) is 4. The Balaban J connectivity index is 1.57. The zero-order valence-electron chi connectivity index (χ0n) is 15.1. The Bertz CT molecular complexity index is 544. The summed E-state index contributed by atoms with van der Waals surface area (Å²) in [6.07, 6.45) is 4.71. The Morgan fingerprint density at radius 3 is 2.68 bits per heavy atom. The highest BCUT2D eigenvalue weighted by molar-refractivity contribution is 5.48. The molecule has 0 amide bonds. The fraction of sp³-hybridized carbons (Fsp3) is 0.650. The van der Waals surface area contributed by atoms with Crippen LogP contribution < -0.4 is 0 Å². The Morgan fingerprint density at radius 2 is 1.92 bits per heavy atom. The Labute approximate surface area is 149 Å². The van der Waals surface area contributed by atoms with Crippen molar-refractivity contribution in [3.63, 3.8) is 0 Å². The number of unbranched alkanes of at least 4 members (excludes halogenated alkanes) is 3. The first kappa shape index (κ1) is 18.5. The molecule has 138 valence electrons. The van der Waals surface area contributed by atoms with Gasteiger partial charge in [-0.25, -0.2) is 0 Å². The Kier molecular flexibility index (Phi) is 6.23. The van der Waals surface area contributed by atoms with E-state index in [4.69, 9.17) is 18.9 Å². The lowest BCUT2D eigenvalue weighted by atomic mass is 10.0. The van der Waals surface area contributed by atoms with Crippen molar-refractivity contribution < 1.29 is 23.7 Å². The minimum atomic E-state index is -0.640. The van der Waals surface area contributed by atoms with Gasteiger partial charge in [-0.15, -0.1) is 0 Å². The van der Waals surface area contributed by atoms with Crippen LogP contribution in [0.2, 0.25) is 0 Å². The lowest BCUT2D eigenvalue weighted by molar-refractivity contribution is -0.219. The summed E-state index contributed by atoms with van der Waals surface area (Å²) < 4.78 is 24.2. The van der Waals surface area contributed by atoms with E-state index < -0.39 is 5.79 Å². The first-order valence-corrected chi connectivity index (χ1v) is 9.19. The molecule has 1 aromatic rings. The fourth-order valence-electron chi connectivity index (χ4n) is 3.50. The summed E-state index contributed by atoms with van der Waals surface area (Å²) in [5, 5.41) is 0. The van der Waals surface area contributed by atoms with Crippen molar-refractivity contribution in [3.8, 4) is 0 Å². The molecule has 0 spiro atoms. The van der Waals surface area contributed by atoms with Crippen LogP contribution in [0, 0.1) is 0 Å². The normalized spacial score (nSPS) is 30.3. The van der Waals surface area contributed by atoms with E-state index in [-0.39, 0.29) is 24.6 Å². The molecule has 5 nitrogen and oxygen atoms in total. The molecule has 25 heavy (non-hydrogen) atoms. The molecular weight excluding hydrogens is 320 g/mol. The van der Waals surface area contributed by atoms with E-state index in [2.05, 4.69) is 12.1 Å². The van der Waals surface area contributed by atoms with Crippen molar-refractivity contribution in [2.45, 2.75) is 82.9 Å². The molecule has 0 aliphatic carbocycles. The van der Waals surface area contributed by atoms with E-state index in [0.717, 1.165) is 37.5 Å². The molecule has 5 heteroatoms. The third-order valence-corrected chi connectivity index (χ3v) is 4.68. The largest absolute Gasteiger partial charge is 0.368 e. The highest BCUT2D eigenvalue weighted by Gasteiger charge is 2.55. The summed E-state index contributed by atoms with van der Waals surface area (Å²) in [6, 6.07) is 10.1. The lowest BCUT2D eigenvalue weighted by Crippen LogP contribution is -2.36. The number of carbonyl (C=O) groups excluding carboxylic acids is 1. The van der Waals surface area contributed by atoms with Gasteiger partial charge in [0.1, 0.15) is 18.5 Å². The van der Waals surface area contributed by atoms with Gasteiger partial charge in [-0.1, -0.05) is 43.2 Å². The molecule has 0 saturated carbocycles. The maximum absolute atomic E-state index is 10.4. The minimum absolute atomic E-state index is 0.0361. The zero-order chi connectivity index (χ0) is 17.7. The van der Waals surface area contributed by atoms with Gasteiger partial charge in [-0.05, 0) is 32.3 Å². The number of hydrogen-bond acceptors (Lipinski definition) is 5. The summed E-state index contributed by atoms with van der Waals surface area (Å²) in [4.78, 5) is 10.4. The van der Waals surface area contributed by atoms with Crippen LogP contribution in [-0.4, -0.2) is 36.7 Å².